The smallest absolute Gasteiger partial charge is 0.164 e. The van der Waals surface area contributed by atoms with Crippen LogP contribution in [-0.2, 0) is 6.54 Å². The van der Waals surface area contributed by atoms with Gasteiger partial charge in [-0.15, -0.1) is 0 Å². The molecule has 0 saturated heterocycles. The van der Waals surface area contributed by atoms with E-state index >= 15 is 0 Å². The van der Waals surface area contributed by atoms with Crippen LogP contribution in [0.15, 0.2) is 54.9 Å². The predicted octanol–water partition coefficient (Wildman–Crippen LogP) is 3.18. The van der Waals surface area contributed by atoms with Gasteiger partial charge >= 0.3 is 0 Å². The Morgan fingerprint density at radius 2 is 1.80 bits per heavy atom. The first-order chi connectivity index (χ1) is 9.79. The largest absolute Gasteiger partial charge is 0.299 e. The lowest BCUT2D eigenvalue weighted by molar-refractivity contribution is 0.0963. The molecule has 0 aliphatic carbocycles. The van der Waals surface area contributed by atoms with Crippen LogP contribution in [0.3, 0.4) is 0 Å². The Kier molecular flexibility index (Phi) is 5.44. The summed E-state index contributed by atoms with van der Waals surface area (Å²) >= 11 is 0. The minimum atomic E-state index is 0.207. The maximum Gasteiger partial charge on any atom is 0.164 e. The molecule has 0 bridgehead atoms. The van der Waals surface area contributed by atoms with Gasteiger partial charge in [0.05, 0.1) is 0 Å². The van der Waals surface area contributed by atoms with Crippen molar-refractivity contribution in [2.24, 2.45) is 0 Å². The van der Waals surface area contributed by atoms with Gasteiger partial charge in [0, 0.05) is 37.5 Å². The second kappa shape index (κ2) is 7.56. The number of ketones is 1. The molecular formula is C17H20N2O. The zero-order valence-electron chi connectivity index (χ0n) is 11.8. The average molecular weight is 268 g/mol. The molecule has 1 aromatic heterocycles. The first-order valence-corrected chi connectivity index (χ1v) is 6.99. The highest BCUT2D eigenvalue weighted by Gasteiger charge is 2.09. The molecule has 0 spiro atoms. The Bertz CT molecular complexity index is 525. The van der Waals surface area contributed by atoms with Crippen molar-refractivity contribution in [2.75, 3.05) is 13.1 Å². The number of nitrogens with zero attached hydrogens (tertiary/aromatic N) is 2. The quantitative estimate of drug-likeness (QED) is 0.723. The summed E-state index contributed by atoms with van der Waals surface area (Å²) in [6.45, 7) is 4.70. The van der Waals surface area contributed by atoms with Crippen molar-refractivity contribution in [2.45, 2.75) is 19.9 Å². The van der Waals surface area contributed by atoms with Crippen molar-refractivity contribution >= 4 is 5.78 Å². The van der Waals surface area contributed by atoms with Gasteiger partial charge in [0.1, 0.15) is 0 Å². The number of aromatic nitrogens is 1. The van der Waals surface area contributed by atoms with Crippen LogP contribution in [0.25, 0.3) is 0 Å². The Balaban J connectivity index is 1.86. The Labute approximate surface area is 120 Å². The lowest BCUT2D eigenvalue weighted by Crippen LogP contribution is -2.25. The number of benzene rings is 1. The summed E-state index contributed by atoms with van der Waals surface area (Å²) < 4.78 is 0. The molecule has 0 unspecified atom stereocenters. The van der Waals surface area contributed by atoms with Crippen LogP contribution in [0.4, 0.5) is 0 Å². The van der Waals surface area contributed by atoms with Gasteiger partial charge in [-0.2, -0.15) is 0 Å². The Morgan fingerprint density at radius 1 is 1.10 bits per heavy atom. The molecule has 3 heteroatoms. The van der Waals surface area contributed by atoms with Crippen LogP contribution < -0.4 is 0 Å². The second-order valence-electron chi connectivity index (χ2n) is 4.76. The highest BCUT2D eigenvalue weighted by atomic mass is 16.1. The minimum Gasteiger partial charge on any atom is -0.299 e. The average Bonchev–Trinajstić information content (AvgIpc) is 2.53. The fourth-order valence-electron chi connectivity index (χ4n) is 2.12. The molecule has 1 aromatic carbocycles. The van der Waals surface area contributed by atoms with Gasteiger partial charge in [0.2, 0.25) is 0 Å². The van der Waals surface area contributed by atoms with E-state index in [4.69, 9.17) is 0 Å². The molecule has 1 heterocycles. The van der Waals surface area contributed by atoms with Gasteiger partial charge in [0.15, 0.2) is 5.78 Å². The number of hydrogen-bond donors (Lipinski definition) is 0. The summed E-state index contributed by atoms with van der Waals surface area (Å²) in [6.07, 6.45) is 4.17. The third-order valence-corrected chi connectivity index (χ3v) is 3.35. The summed E-state index contributed by atoms with van der Waals surface area (Å²) in [5.74, 6) is 0.207. The number of rotatable bonds is 7. The fraction of sp³-hybridized carbons (Fsp3) is 0.294. The number of hydrogen-bond acceptors (Lipinski definition) is 3. The topological polar surface area (TPSA) is 33.2 Å². The van der Waals surface area contributed by atoms with E-state index < -0.39 is 0 Å². The third kappa shape index (κ3) is 4.28. The number of carbonyl (C=O) groups excluding carboxylic acids is 1. The van der Waals surface area contributed by atoms with Gasteiger partial charge in [-0.3, -0.25) is 14.7 Å². The van der Waals surface area contributed by atoms with Gasteiger partial charge in [-0.25, -0.2) is 0 Å². The van der Waals surface area contributed by atoms with E-state index in [1.807, 2.05) is 42.5 Å². The first kappa shape index (κ1) is 14.4. The second-order valence-corrected chi connectivity index (χ2v) is 4.76. The minimum absolute atomic E-state index is 0.207. The highest BCUT2D eigenvalue weighted by Crippen LogP contribution is 2.07. The molecule has 2 aromatic rings. The normalized spacial score (nSPS) is 10.7. The van der Waals surface area contributed by atoms with E-state index in [1.165, 1.54) is 5.56 Å². The maximum atomic E-state index is 12.1. The summed E-state index contributed by atoms with van der Waals surface area (Å²) in [5, 5.41) is 0. The van der Waals surface area contributed by atoms with Gasteiger partial charge < -0.3 is 0 Å². The van der Waals surface area contributed by atoms with Gasteiger partial charge in [-0.05, 0) is 24.2 Å². The van der Waals surface area contributed by atoms with E-state index in [1.54, 1.807) is 12.4 Å². The molecule has 20 heavy (non-hydrogen) atoms. The van der Waals surface area contributed by atoms with Crippen molar-refractivity contribution in [3.05, 3.63) is 66.0 Å². The van der Waals surface area contributed by atoms with E-state index in [0.29, 0.717) is 6.42 Å². The lowest BCUT2D eigenvalue weighted by Gasteiger charge is -2.19. The number of carbonyl (C=O) groups is 1. The van der Waals surface area contributed by atoms with Crippen molar-refractivity contribution in [3.63, 3.8) is 0 Å². The number of pyridine rings is 1. The molecular weight excluding hydrogens is 248 g/mol. The molecule has 0 amide bonds. The predicted molar refractivity (Wildman–Crippen MR) is 80.6 cm³/mol. The zero-order valence-corrected chi connectivity index (χ0v) is 11.8. The van der Waals surface area contributed by atoms with Crippen LogP contribution in [-0.4, -0.2) is 28.8 Å². The highest BCUT2D eigenvalue weighted by molar-refractivity contribution is 5.96. The monoisotopic (exact) mass is 268 g/mol. The first-order valence-electron chi connectivity index (χ1n) is 6.99. The fourth-order valence-corrected chi connectivity index (χ4v) is 2.12. The van der Waals surface area contributed by atoms with Crippen LogP contribution in [0.1, 0.15) is 29.3 Å². The van der Waals surface area contributed by atoms with E-state index in [-0.39, 0.29) is 5.78 Å². The molecule has 104 valence electrons. The van der Waals surface area contributed by atoms with Crippen LogP contribution in [0, 0.1) is 0 Å². The Morgan fingerprint density at radius 3 is 2.45 bits per heavy atom. The van der Waals surface area contributed by atoms with Crippen LogP contribution >= 0.6 is 0 Å². The SMILES string of the molecule is CCN(CCC(=O)c1ccccc1)Cc1ccncc1. The van der Waals surface area contributed by atoms with Crippen molar-refractivity contribution in [1.29, 1.82) is 0 Å². The summed E-state index contributed by atoms with van der Waals surface area (Å²) in [6, 6.07) is 13.5. The molecule has 3 nitrogen and oxygen atoms in total. The van der Waals surface area contributed by atoms with E-state index in [2.05, 4.69) is 16.8 Å². The van der Waals surface area contributed by atoms with Crippen molar-refractivity contribution in [3.8, 4) is 0 Å². The van der Waals surface area contributed by atoms with Gasteiger partial charge in [-0.1, -0.05) is 37.3 Å². The van der Waals surface area contributed by atoms with E-state index in [0.717, 1.165) is 25.2 Å². The van der Waals surface area contributed by atoms with Crippen LogP contribution in [0.2, 0.25) is 0 Å². The summed E-state index contributed by atoms with van der Waals surface area (Å²) in [5.41, 5.74) is 2.03. The Hall–Kier alpha value is -2.00. The zero-order chi connectivity index (χ0) is 14.2. The molecule has 0 radical (unpaired) electrons. The van der Waals surface area contributed by atoms with Crippen molar-refractivity contribution in [1.82, 2.24) is 9.88 Å². The molecule has 0 aliphatic heterocycles. The summed E-state index contributed by atoms with van der Waals surface area (Å²) in [4.78, 5) is 18.4. The summed E-state index contributed by atoms with van der Waals surface area (Å²) in [7, 11) is 0. The molecule has 0 N–H and O–H groups in total. The lowest BCUT2D eigenvalue weighted by atomic mass is 10.1. The standard InChI is InChI=1S/C17H20N2O/c1-2-19(14-15-8-11-18-12-9-15)13-10-17(20)16-6-4-3-5-7-16/h3-9,11-12H,2,10,13-14H2,1H3. The van der Waals surface area contributed by atoms with E-state index in [9.17, 15) is 4.79 Å². The molecule has 0 aliphatic rings. The molecule has 0 saturated carbocycles. The third-order valence-electron chi connectivity index (χ3n) is 3.35. The van der Waals surface area contributed by atoms with Crippen LogP contribution in [0.5, 0.6) is 0 Å². The molecule has 2 rings (SSSR count). The maximum absolute atomic E-state index is 12.1. The van der Waals surface area contributed by atoms with Crippen molar-refractivity contribution < 1.29 is 4.79 Å². The molecule has 0 fully saturated rings. The number of Topliss-reactive ketones (excluding diaryl/α,β-unsaturated/α-hetero) is 1. The van der Waals surface area contributed by atoms with Gasteiger partial charge in [0.25, 0.3) is 0 Å². The molecule has 0 atom stereocenters.